The van der Waals surface area contributed by atoms with Crippen LogP contribution >= 0.6 is 0 Å². The zero-order valence-corrected chi connectivity index (χ0v) is 20.7. The first-order chi connectivity index (χ1) is 12.6. The van der Waals surface area contributed by atoms with E-state index in [-0.39, 0.29) is 63.4 Å². The molecular formula is C22H44BF6NaO2. The van der Waals surface area contributed by atoms with Crippen LogP contribution in [0.1, 0.15) is 61.1 Å². The summed E-state index contributed by atoms with van der Waals surface area (Å²) in [6.07, 6.45) is -11.0. The normalized spacial score (nSPS) is 10.4. The van der Waals surface area contributed by atoms with Crippen LogP contribution in [0.15, 0.2) is 18.2 Å². The van der Waals surface area contributed by atoms with E-state index in [1.165, 1.54) is 0 Å². The van der Waals surface area contributed by atoms with Crippen molar-refractivity contribution in [3.05, 3.63) is 29.3 Å². The Morgan fingerprint density at radius 1 is 0.625 bits per heavy atom. The second kappa shape index (κ2) is 21.3. The molecule has 0 spiro atoms. The molecule has 1 aromatic rings. The van der Waals surface area contributed by atoms with Crippen molar-refractivity contribution in [3.8, 4) is 0 Å². The minimum absolute atomic E-state index is 0. The quantitative estimate of drug-likeness (QED) is 0.416. The fourth-order valence-corrected chi connectivity index (χ4v) is 1.89. The third-order valence-electron chi connectivity index (χ3n) is 3.43. The topological polar surface area (TPSA) is 18.5 Å². The van der Waals surface area contributed by atoms with Crippen LogP contribution in [0.3, 0.4) is 0 Å². The predicted octanol–water partition coefficient (Wildman–Crippen LogP) is 5.27. The molecule has 0 N–H and O–H groups in total. The summed E-state index contributed by atoms with van der Waals surface area (Å²) < 4.78 is 85.0. The summed E-state index contributed by atoms with van der Waals surface area (Å²) in [4.78, 5) is 0. The molecule has 0 unspecified atom stereocenters. The first-order valence-electron chi connectivity index (χ1n) is 9.37. The summed E-state index contributed by atoms with van der Waals surface area (Å²) in [6.45, 7) is 16.2. The molecule has 0 aliphatic carbocycles. The van der Waals surface area contributed by atoms with Gasteiger partial charge < -0.3 is 9.47 Å². The first-order valence-corrected chi connectivity index (χ1v) is 9.37. The maximum Gasteiger partial charge on any atom is 1.00 e. The molecule has 0 radical (unpaired) electrons. The molecule has 1 rings (SSSR count). The maximum atomic E-state index is 12.6. The Morgan fingerprint density at radius 3 is 1.00 bits per heavy atom. The Kier molecular flexibility index (Phi) is 30.2. The van der Waals surface area contributed by atoms with E-state index in [0.717, 1.165) is 38.6 Å². The van der Waals surface area contributed by atoms with E-state index in [1.807, 2.05) is 27.7 Å². The minimum Gasteiger partial charge on any atom is -0.382 e. The van der Waals surface area contributed by atoms with Gasteiger partial charge in [0.1, 0.15) is 0 Å². The molecule has 2 nitrogen and oxygen atoms in total. The van der Waals surface area contributed by atoms with Crippen molar-refractivity contribution in [1.82, 2.24) is 0 Å². The molecule has 0 bridgehead atoms. The summed E-state index contributed by atoms with van der Waals surface area (Å²) in [6, 6.07) is 1.72. The van der Waals surface area contributed by atoms with Gasteiger partial charge in [-0.05, 0) is 33.8 Å². The molecular weight excluding hydrogens is 444 g/mol. The molecule has 0 heterocycles. The Labute approximate surface area is 215 Å². The number of halogens is 6. The summed E-state index contributed by atoms with van der Waals surface area (Å²) in [7, 11) is 0. The number of benzene rings is 1. The molecule has 0 fully saturated rings. The van der Waals surface area contributed by atoms with Crippen molar-refractivity contribution in [3.63, 3.8) is 0 Å². The third kappa shape index (κ3) is 21.6. The van der Waals surface area contributed by atoms with Gasteiger partial charge in [-0.25, -0.2) is 5.46 Å². The smallest absolute Gasteiger partial charge is 0.382 e. The van der Waals surface area contributed by atoms with Crippen LogP contribution in [-0.4, -0.2) is 32.6 Å². The van der Waals surface area contributed by atoms with Crippen molar-refractivity contribution >= 4 is 11.6 Å². The van der Waals surface area contributed by atoms with E-state index in [0.29, 0.717) is 0 Å². The molecule has 0 aliphatic rings. The van der Waals surface area contributed by atoms with Crippen LogP contribution in [0.4, 0.5) is 26.3 Å². The number of alkyl halides is 6. The first kappa shape index (κ1) is 45.3. The second-order valence-electron chi connectivity index (χ2n) is 7.00. The van der Waals surface area contributed by atoms with Crippen molar-refractivity contribution < 1.29 is 65.4 Å². The van der Waals surface area contributed by atoms with Gasteiger partial charge in [0.2, 0.25) is 0 Å². The second-order valence-corrected chi connectivity index (χ2v) is 7.00. The monoisotopic (exact) mass is 488 g/mol. The largest absolute Gasteiger partial charge is 1.00 e. The van der Waals surface area contributed by atoms with Gasteiger partial charge in [0.05, 0.1) is 11.1 Å². The van der Waals surface area contributed by atoms with Crippen molar-refractivity contribution in [2.45, 2.75) is 82.8 Å². The van der Waals surface area contributed by atoms with E-state index >= 15 is 0 Å². The molecule has 0 aliphatic heterocycles. The molecule has 0 atom stereocenters. The van der Waals surface area contributed by atoms with Crippen LogP contribution in [-0.2, 0) is 21.8 Å². The molecule has 32 heavy (non-hydrogen) atoms. The average molecular weight is 488 g/mol. The van der Waals surface area contributed by atoms with Crippen LogP contribution < -0.4 is 35.0 Å². The summed E-state index contributed by atoms with van der Waals surface area (Å²) in [5.41, 5.74) is -2.45. The van der Waals surface area contributed by atoms with Gasteiger partial charge in [0.15, 0.2) is 0 Å². The number of hydrogen-bond donors (Lipinski definition) is 0. The fourth-order valence-electron chi connectivity index (χ4n) is 1.89. The van der Waals surface area contributed by atoms with Crippen LogP contribution in [0.25, 0.3) is 0 Å². The van der Waals surface area contributed by atoms with Crippen LogP contribution in [0, 0.1) is 0 Å². The van der Waals surface area contributed by atoms with Gasteiger partial charge >= 0.3 is 41.9 Å². The summed E-state index contributed by atoms with van der Waals surface area (Å²) >= 11 is 0. The summed E-state index contributed by atoms with van der Waals surface area (Å²) in [5.74, 6) is 0. The van der Waals surface area contributed by atoms with Crippen molar-refractivity contribution in [2.24, 2.45) is 0 Å². The van der Waals surface area contributed by atoms with Crippen LogP contribution in [0.2, 0.25) is 20.5 Å². The molecule has 0 amide bonds. The van der Waals surface area contributed by atoms with Gasteiger partial charge in [-0.2, -0.15) is 46.8 Å². The van der Waals surface area contributed by atoms with Gasteiger partial charge in [-0.15, -0.1) is 0 Å². The predicted molar refractivity (Wildman–Crippen MR) is 124 cm³/mol. The van der Waals surface area contributed by atoms with E-state index in [4.69, 9.17) is 9.47 Å². The number of ether oxygens (including phenoxy) is 2. The Hall–Kier alpha value is -0.215. The van der Waals surface area contributed by atoms with E-state index in [2.05, 4.69) is 0 Å². The van der Waals surface area contributed by atoms with Crippen molar-refractivity contribution in [1.29, 1.82) is 0 Å². The molecule has 0 aromatic heterocycles. The molecule has 0 saturated carbocycles. The van der Waals surface area contributed by atoms with Gasteiger partial charge in [-0.1, -0.05) is 34.4 Å². The Morgan fingerprint density at radius 2 is 0.875 bits per heavy atom. The van der Waals surface area contributed by atoms with E-state index in [9.17, 15) is 26.3 Å². The van der Waals surface area contributed by atoms with Gasteiger partial charge in [0, 0.05) is 32.6 Å². The fraction of sp³-hybridized carbons (Fsp3) is 0.727. The minimum atomic E-state index is -4.78. The zero-order chi connectivity index (χ0) is 22.6. The number of hydrogen-bond acceptors (Lipinski definition) is 2. The average Bonchev–Trinajstić information content (AvgIpc) is 2.55. The standard InChI is InChI=1S/C11H12BF6.2C4H10O.3CH4.Na/c1-12(2,3)9-5-7(10(13,14)15)4-8(6-9)11(16,17)18;2*1-3-5-4-2;;;;/h4-6H,1-3H3;2*3-4H2,1-2H3;3*1H4;/q-1;;;;;;+1. The van der Waals surface area contributed by atoms with E-state index in [1.54, 1.807) is 20.5 Å². The van der Waals surface area contributed by atoms with Crippen molar-refractivity contribution in [2.75, 3.05) is 26.4 Å². The van der Waals surface area contributed by atoms with Gasteiger partial charge in [0.25, 0.3) is 0 Å². The Balaban J connectivity index is -0.000000103. The molecule has 10 heteroatoms. The number of rotatable bonds is 5. The summed E-state index contributed by atoms with van der Waals surface area (Å²) in [5, 5.41) is 0. The molecule has 0 saturated heterocycles. The molecule has 1 aromatic carbocycles. The van der Waals surface area contributed by atoms with Crippen LogP contribution in [0.5, 0.6) is 0 Å². The SMILES string of the molecule is C.C.C.CCOCC.CCOCC.C[B-](C)(C)c1cc(C(F)(F)F)cc(C(F)(F)F)c1.[Na+]. The third-order valence-corrected chi connectivity index (χ3v) is 3.43. The van der Waals surface area contributed by atoms with E-state index < -0.39 is 29.6 Å². The maximum absolute atomic E-state index is 12.6. The zero-order valence-electron chi connectivity index (χ0n) is 18.7. The Bertz CT molecular complexity index is 456. The van der Waals surface area contributed by atoms with Gasteiger partial charge in [-0.3, -0.25) is 0 Å². The molecule has 190 valence electrons.